The van der Waals surface area contributed by atoms with Crippen LogP contribution in [0.4, 0.5) is 0 Å². The third-order valence-corrected chi connectivity index (χ3v) is 6.59. The molecule has 1 aliphatic carbocycles. The van der Waals surface area contributed by atoms with Crippen molar-refractivity contribution in [2.24, 2.45) is 11.8 Å². The maximum atomic E-state index is 5.86. The molecule has 4 rings (SSSR count). The smallest absolute Gasteiger partial charge is 0.119 e. The first kappa shape index (κ1) is 20.2. The van der Waals surface area contributed by atoms with Gasteiger partial charge < -0.3 is 4.74 Å². The summed E-state index contributed by atoms with van der Waals surface area (Å²) in [7, 11) is 0. The van der Waals surface area contributed by atoms with Crippen molar-refractivity contribution in [3.05, 3.63) is 71.8 Å². The summed E-state index contributed by atoms with van der Waals surface area (Å²) in [6.07, 6.45) is 10.5. The Labute approximate surface area is 176 Å². The predicted octanol–water partition coefficient (Wildman–Crippen LogP) is 6.42. The summed E-state index contributed by atoms with van der Waals surface area (Å²) in [5.41, 5.74) is 3.90. The van der Waals surface area contributed by atoms with E-state index in [1.54, 1.807) is 0 Å². The zero-order chi connectivity index (χ0) is 19.9. The van der Waals surface area contributed by atoms with Crippen LogP contribution in [0, 0.1) is 11.8 Å². The molecule has 0 N–H and O–H groups in total. The van der Waals surface area contributed by atoms with Gasteiger partial charge in [-0.1, -0.05) is 68.3 Å². The summed E-state index contributed by atoms with van der Waals surface area (Å²) in [6, 6.07) is 19.5. The van der Waals surface area contributed by atoms with Crippen molar-refractivity contribution in [3.63, 3.8) is 0 Å². The Morgan fingerprint density at radius 1 is 0.966 bits per heavy atom. The van der Waals surface area contributed by atoms with Gasteiger partial charge in [0, 0.05) is 13.1 Å². The van der Waals surface area contributed by atoms with E-state index in [2.05, 4.69) is 72.5 Å². The lowest BCUT2D eigenvalue weighted by Crippen LogP contribution is -2.29. The summed E-state index contributed by atoms with van der Waals surface area (Å²) in [6.45, 7) is 6.57. The maximum Gasteiger partial charge on any atom is 0.119 e. The van der Waals surface area contributed by atoms with E-state index < -0.39 is 0 Å². The van der Waals surface area contributed by atoms with Gasteiger partial charge in [-0.15, -0.1) is 0 Å². The Hall–Kier alpha value is -2.06. The third-order valence-electron chi connectivity index (χ3n) is 6.59. The summed E-state index contributed by atoms with van der Waals surface area (Å²) in [5.74, 6) is 2.89. The van der Waals surface area contributed by atoms with Gasteiger partial charge in [-0.2, -0.15) is 0 Å². The molecule has 0 amide bonds. The molecule has 1 aliphatic heterocycles. The van der Waals surface area contributed by atoms with Crippen LogP contribution in [0.3, 0.4) is 0 Å². The number of benzene rings is 2. The molecule has 2 aromatic rings. The fourth-order valence-electron chi connectivity index (χ4n) is 4.90. The van der Waals surface area contributed by atoms with Crippen molar-refractivity contribution in [2.45, 2.75) is 45.4 Å². The molecule has 0 aromatic heterocycles. The number of rotatable bonds is 8. The zero-order valence-corrected chi connectivity index (χ0v) is 17.9. The van der Waals surface area contributed by atoms with Crippen molar-refractivity contribution in [2.75, 3.05) is 26.2 Å². The highest BCUT2D eigenvalue weighted by Gasteiger charge is 2.29. The average Bonchev–Trinajstić information content (AvgIpc) is 3.10. The van der Waals surface area contributed by atoms with Gasteiger partial charge in [-0.25, -0.2) is 0 Å². The molecule has 1 heterocycles. The van der Waals surface area contributed by atoms with Gasteiger partial charge in [0.25, 0.3) is 0 Å². The Morgan fingerprint density at radius 3 is 2.52 bits per heavy atom. The highest BCUT2D eigenvalue weighted by atomic mass is 16.5. The first-order valence-electron chi connectivity index (χ1n) is 11.5. The number of hydrogen-bond acceptors (Lipinski definition) is 2. The number of nitrogens with zero attached hydrogens (tertiary/aromatic N) is 1. The van der Waals surface area contributed by atoms with Crippen LogP contribution >= 0.6 is 0 Å². The highest BCUT2D eigenvalue weighted by Crippen LogP contribution is 2.36. The molecule has 2 unspecified atom stereocenters. The molecular weight excluding hydrogens is 354 g/mol. The van der Waals surface area contributed by atoms with Crippen LogP contribution < -0.4 is 4.74 Å². The van der Waals surface area contributed by atoms with Crippen molar-refractivity contribution >= 4 is 5.57 Å². The average molecular weight is 390 g/mol. The number of ether oxygens (including phenoxy) is 1. The van der Waals surface area contributed by atoms with Gasteiger partial charge in [0.05, 0.1) is 6.61 Å². The lowest BCUT2D eigenvalue weighted by atomic mass is 9.97. The normalized spacial score (nSPS) is 22.4. The van der Waals surface area contributed by atoms with Crippen LogP contribution in [-0.2, 0) is 0 Å². The maximum absolute atomic E-state index is 5.86. The molecule has 0 radical (unpaired) electrons. The van der Waals surface area contributed by atoms with Crippen LogP contribution in [0.1, 0.15) is 56.6 Å². The Kier molecular flexibility index (Phi) is 7.05. The van der Waals surface area contributed by atoms with E-state index in [9.17, 15) is 0 Å². The molecule has 2 bridgehead atoms. The van der Waals surface area contributed by atoms with Crippen molar-refractivity contribution < 1.29 is 4.74 Å². The minimum absolute atomic E-state index is 0.800. The second kappa shape index (κ2) is 10.1. The fraction of sp³-hybridized carbons (Fsp3) is 0.481. The third kappa shape index (κ3) is 5.51. The van der Waals surface area contributed by atoms with Crippen LogP contribution in [-0.4, -0.2) is 31.1 Å². The summed E-state index contributed by atoms with van der Waals surface area (Å²) in [4.78, 5) is 2.68. The molecule has 0 spiro atoms. The molecule has 1 saturated carbocycles. The first-order chi connectivity index (χ1) is 14.3. The topological polar surface area (TPSA) is 12.5 Å². The quantitative estimate of drug-likeness (QED) is 0.483. The van der Waals surface area contributed by atoms with Gasteiger partial charge in [-0.05, 0) is 72.9 Å². The fourth-order valence-corrected chi connectivity index (χ4v) is 4.90. The molecule has 154 valence electrons. The minimum Gasteiger partial charge on any atom is -0.494 e. The first-order valence-corrected chi connectivity index (χ1v) is 11.5. The lowest BCUT2D eigenvalue weighted by Gasteiger charge is -2.23. The molecule has 2 aromatic carbocycles. The van der Waals surface area contributed by atoms with Crippen LogP contribution in [0.15, 0.2) is 60.7 Å². The molecular formula is C27H35NO. The number of likely N-dealkylation sites (tertiary alicyclic amines) is 1. The van der Waals surface area contributed by atoms with Gasteiger partial charge in [0.2, 0.25) is 0 Å². The number of hydrogen-bond donors (Lipinski definition) is 0. The van der Waals surface area contributed by atoms with E-state index in [1.807, 2.05) is 0 Å². The van der Waals surface area contributed by atoms with E-state index >= 15 is 0 Å². The minimum atomic E-state index is 0.800. The molecule has 2 heteroatoms. The SMILES string of the molecule is CCCCOc1ccc(/C(=C/CN2CCC3CCC(C3)C2)c2ccccc2)cc1. The number of unbranched alkanes of at least 4 members (excludes halogenated alkanes) is 1. The Morgan fingerprint density at radius 2 is 1.72 bits per heavy atom. The van der Waals surface area contributed by atoms with E-state index in [-0.39, 0.29) is 0 Å². The van der Waals surface area contributed by atoms with E-state index in [4.69, 9.17) is 4.74 Å². The highest BCUT2D eigenvalue weighted by molar-refractivity contribution is 5.80. The Balaban J connectivity index is 1.50. The second-order valence-corrected chi connectivity index (χ2v) is 8.80. The van der Waals surface area contributed by atoms with Gasteiger partial charge in [0.15, 0.2) is 0 Å². The van der Waals surface area contributed by atoms with Crippen LogP contribution in [0.25, 0.3) is 5.57 Å². The standard InChI is InChI=1S/C27H35NO/c1-2-3-19-29-26-13-11-25(12-14-26)27(24-7-5-4-6-8-24)16-18-28-17-15-22-9-10-23(20-22)21-28/h4-8,11-14,16,22-23H,2-3,9-10,15,17-21H2,1H3/b27-16+. The van der Waals surface area contributed by atoms with Crippen LogP contribution in [0.2, 0.25) is 0 Å². The van der Waals surface area contributed by atoms with Gasteiger partial charge in [-0.3, -0.25) is 4.90 Å². The lowest BCUT2D eigenvalue weighted by molar-refractivity contribution is 0.260. The van der Waals surface area contributed by atoms with Crippen LogP contribution in [0.5, 0.6) is 5.75 Å². The molecule has 2 atom stereocenters. The monoisotopic (exact) mass is 389 g/mol. The zero-order valence-electron chi connectivity index (χ0n) is 17.9. The predicted molar refractivity (Wildman–Crippen MR) is 122 cm³/mol. The van der Waals surface area contributed by atoms with Crippen molar-refractivity contribution in [1.82, 2.24) is 4.90 Å². The number of fused-ring (bicyclic) bond motifs is 2. The van der Waals surface area contributed by atoms with E-state index in [1.165, 1.54) is 55.5 Å². The largest absolute Gasteiger partial charge is 0.494 e. The summed E-state index contributed by atoms with van der Waals surface area (Å²) < 4.78 is 5.86. The van der Waals surface area contributed by atoms with Crippen molar-refractivity contribution in [3.8, 4) is 5.75 Å². The Bertz CT molecular complexity index is 780. The van der Waals surface area contributed by atoms with Gasteiger partial charge >= 0.3 is 0 Å². The molecule has 2 nitrogen and oxygen atoms in total. The van der Waals surface area contributed by atoms with Gasteiger partial charge in [0.1, 0.15) is 5.75 Å². The van der Waals surface area contributed by atoms with E-state index in [0.717, 1.165) is 43.6 Å². The molecule has 2 aliphatic rings. The second-order valence-electron chi connectivity index (χ2n) is 8.80. The molecule has 2 fully saturated rings. The molecule has 1 saturated heterocycles. The summed E-state index contributed by atoms with van der Waals surface area (Å²) in [5, 5.41) is 0. The molecule has 29 heavy (non-hydrogen) atoms. The van der Waals surface area contributed by atoms with E-state index in [0.29, 0.717) is 0 Å². The van der Waals surface area contributed by atoms with Crippen molar-refractivity contribution in [1.29, 1.82) is 0 Å². The summed E-state index contributed by atoms with van der Waals surface area (Å²) >= 11 is 0.